The number of carbonyl (C=O) groups excluding carboxylic acids is 1. The van der Waals surface area contributed by atoms with Crippen molar-refractivity contribution < 1.29 is 19.8 Å². The van der Waals surface area contributed by atoms with Gasteiger partial charge in [-0.2, -0.15) is 0 Å². The molecule has 3 aromatic rings. The second-order valence-electron chi connectivity index (χ2n) is 11.2. The molecule has 1 spiro atoms. The van der Waals surface area contributed by atoms with Crippen LogP contribution >= 0.6 is 0 Å². The zero-order valence-corrected chi connectivity index (χ0v) is 22.7. The lowest BCUT2D eigenvalue weighted by atomic mass is 9.84. The molecule has 3 aliphatic rings. The van der Waals surface area contributed by atoms with Crippen molar-refractivity contribution in [1.82, 2.24) is 9.80 Å². The lowest BCUT2D eigenvalue weighted by Crippen LogP contribution is -2.58. The third-order valence-electron chi connectivity index (χ3n) is 8.82. The number of carbonyl (C=O) groups is 2. The van der Waals surface area contributed by atoms with Gasteiger partial charge in [-0.15, -0.1) is 0 Å². The van der Waals surface area contributed by atoms with Crippen molar-refractivity contribution in [2.75, 3.05) is 42.6 Å². The summed E-state index contributed by atoms with van der Waals surface area (Å²) in [4.78, 5) is 32.8. The van der Waals surface area contributed by atoms with Crippen LogP contribution in [-0.2, 0) is 17.8 Å². The number of para-hydroxylation sites is 2. The van der Waals surface area contributed by atoms with E-state index in [1.54, 1.807) is 18.2 Å². The van der Waals surface area contributed by atoms with Crippen LogP contribution in [0.2, 0.25) is 0 Å². The number of benzene rings is 3. The Morgan fingerprint density at radius 1 is 0.925 bits per heavy atom. The van der Waals surface area contributed by atoms with Crippen molar-refractivity contribution in [3.63, 3.8) is 0 Å². The number of amides is 1. The molecule has 8 heteroatoms. The minimum absolute atomic E-state index is 0.181. The molecule has 2 N–H and O–H groups in total. The number of hydrogen-bond acceptors (Lipinski definition) is 6. The van der Waals surface area contributed by atoms with Crippen molar-refractivity contribution in [2.24, 2.45) is 0 Å². The van der Waals surface area contributed by atoms with Crippen LogP contribution < -0.4 is 9.80 Å². The van der Waals surface area contributed by atoms with Crippen LogP contribution in [0.15, 0.2) is 78.9 Å². The summed E-state index contributed by atoms with van der Waals surface area (Å²) in [6, 6.07) is 25.3. The van der Waals surface area contributed by atoms with E-state index in [9.17, 15) is 19.8 Å². The largest absolute Gasteiger partial charge is 0.478 e. The van der Waals surface area contributed by atoms with E-state index in [1.165, 1.54) is 0 Å². The highest BCUT2D eigenvalue weighted by molar-refractivity contribution is 6.01. The maximum absolute atomic E-state index is 12.5. The van der Waals surface area contributed by atoms with Crippen LogP contribution in [0.1, 0.15) is 40.7 Å². The zero-order chi connectivity index (χ0) is 27.7. The van der Waals surface area contributed by atoms with Gasteiger partial charge in [0.1, 0.15) is 6.23 Å². The van der Waals surface area contributed by atoms with Gasteiger partial charge in [0.05, 0.1) is 24.2 Å². The van der Waals surface area contributed by atoms with Crippen LogP contribution in [-0.4, -0.2) is 76.5 Å². The number of carboxylic acids is 1. The molecule has 1 unspecified atom stereocenters. The standard InChI is InChI=1S/C32H36N4O4/c37-29-21-25-9-4-5-13-28(25)35(29)17-7-16-33-18-14-32(15-19-33)31(40)34(23-36(32)27-11-2-1-3-12-27)22-24-8-6-10-26(20-24)30(38)39/h1-6,8-13,20,31,40H,7,14-19,21-23H2,(H,38,39). The Hall–Kier alpha value is -3.72. The molecule has 0 aliphatic carbocycles. The number of anilines is 2. The Bertz CT molecular complexity index is 1370. The SMILES string of the molecule is O=C(O)c1cccc(CN2CN(c3ccccc3)C3(CCN(CCCN4C(=O)Cc5ccccc54)CC3)C2O)c1. The molecule has 3 heterocycles. The van der Waals surface area contributed by atoms with Gasteiger partial charge in [-0.3, -0.25) is 9.69 Å². The van der Waals surface area contributed by atoms with Gasteiger partial charge in [-0.1, -0.05) is 48.5 Å². The minimum Gasteiger partial charge on any atom is -0.478 e. The third kappa shape index (κ3) is 4.98. The average Bonchev–Trinajstić information content (AvgIpc) is 3.43. The van der Waals surface area contributed by atoms with E-state index in [2.05, 4.69) is 26.8 Å². The molecule has 6 rings (SSSR count). The van der Waals surface area contributed by atoms with Gasteiger partial charge in [0, 0.05) is 37.6 Å². The molecule has 208 valence electrons. The molecular formula is C32H36N4O4. The third-order valence-corrected chi connectivity index (χ3v) is 8.82. The second kappa shape index (κ2) is 11.0. The molecule has 3 aromatic carbocycles. The zero-order valence-electron chi connectivity index (χ0n) is 22.7. The van der Waals surface area contributed by atoms with Crippen LogP contribution in [0.3, 0.4) is 0 Å². The number of hydrogen-bond donors (Lipinski definition) is 2. The second-order valence-corrected chi connectivity index (χ2v) is 11.2. The average molecular weight is 541 g/mol. The number of nitrogens with zero attached hydrogens (tertiary/aromatic N) is 4. The summed E-state index contributed by atoms with van der Waals surface area (Å²) in [5.74, 6) is -0.766. The van der Waals surface area contributed by atoms with Crippen molar-refractivity contribution in [1.29, 1.82) is 0 Å². The Labute approximate surface area is 235 Å². The molecule has 1 amide bonds. The van der Waals surface area contributed by atoms with E-state index in [0.717, 1.165) is 67.9 Å². The van der Waals surface area contributed by atoms with Crippen LogP contribution in [0.5, 0.6) is 0 Å². The van der Waals surface area contributed by atoms with Crippen molar-refractivity contribution in [3.05, 3.63) is 95.6 Å². The normalized spacial score (nSPS) is 20.8. The molecule has 0 bridgehead atoms. The summed E-state index contributed by atoms with van der Waals surface area (Å²) in [7, 11) is 0. The number of aliphatic hydroxyl groups excluding tert-OH is 1. The lowest BCUT2D eigenvalue weighted by molar-refractivity contribution is -0.117. The Balaban J connectivity index is 1.12. The van der Waals surface area contributed by atoms with Gasteiger partial charge in [0.2, 0.25) is 5.91 Å². The fraction of sp³-hybridized carbons (Fsp3) is 0.375. The Morgan fingerprint density at radius 2 is 1.68 bits per heavy atom. The topological polar surface area (TPSA) is 87.6 Å². The van der Waals surface area contributed by atoms with Gasteiger partial charge in [0.25, 0.3) is 0 Å². The molecule has 0 radical (unpaired) electrons. The monoisotopic (exact) mass is 540 g/mol. The minimum atomic E-state index is -0.947. The quantitative estimate of drug-likeness (QED) is 0.450. The first kappa shape index (κ1) is 26.5. The summed E-state index contributed by atoms with van der Waals surface area (Å²) in [6.07, 6.45) is 2.36. The predicted octanol–water partition coefficient (Wildman–Crippen LogP) is 3.80. The Kier molecular flexibility index (Phi) is 7.31. The summed E-state index contributed by atoms with van der Waals surface area (Å²) in [5, 5.41) is 21.2. The first-order valence-electron chi connectivity index (χ1n) is 14.1. The number of rotatable bonds is 8. The molecule has 40 heavy (non-hydrogen) atoms. The summed E-state index contributed by atoms with van der Waals surface area (Å²) < 4.78 is 0. The number of aliphatic hydroxyl groups is 1. The molecule has 0 saturated carbocycles. The van der Waals surface area contributed by atoms with Crippen LogP contribution in [0, 0.1) is 0 Å². The van der Waals surface area contributed by atoms with E-state index in [0.29, 0.717) is 19.6 Å². The molecular weight excluding hydrogens is 504 g/mol. The molecule has 2 fully saturated rings. The van der Waals surface area contributed by atoms with Gasteiger partial charge in [-0.05, 0) is 67.3 Å². The lowest BCUT2D eigenvalue weighted by Gasteiger charge is -2.47. The van der Waals surface area contributed by atoms with Crippen LogP contribution in [0.4, 0.5) is 11.4 Å². The summed E-state index contributed by atoms with van der Waals surface area (Å²) in [5.41, 5.74) is 3.96. The Morgan fingerprint density at radius 3 is 2.45 bits per heavy atom. The van der Waals surface area contributed by atoms with Gasteiger partial charge in [0.15, 0.2) is 0 Å². The maximum atomic E-state index is 12.5. The molecule has 2 saturated heterocycles. The fourth-order valence-electron chi connectivity index (χ4n) is 6.71. The molecule has 8 nitrogen and oxygen atoms in total. The first-order valence-corrected chi connectivity index (χ1v) is 14.1. The van der Waals surface area contributed by atoms with Crippen molar-refractivity contribution in [2.45, 2.75) is 44.0 Å². The highest BCUT2D eigenvalue weighted by atomic mass is 16.4. The fourth-order valence-corrected chi connectivity index (χ4v) is 6.71. The van der Waals surface area contributed by atoms with Gasteiger partial charge in [-0.25, -0.2) is 4.79 Å². The number of fused-ring (bicyclic) bond motifs is 1. The smallest absolute Gasteiger partial charge is 0.335 e. The van der Waals surface area contributed by atoms with E-state index >= 15 is 0 Å². The molecule has 0 aromatic heterocycles. The molecule has 1 atom stereocenters. The van der Waals surface area contributed by atoms with E-state index in [4.69, 9.17) is 0 Å². The van der Waals surface area contributed by atoms with Gasteiger partial charge >= 0.3 is 5.97 Å². The summed E-state index contributed by atoms with van der Waals surface area (Å²) in [6.45, 7) is 4.41. The number of likely N-dealkylation sites (tertiary alicyclic amines) is 1. The highest BCUT2D eigenvalue weighted by Gasteiger charge is 2.53. The van der Waals surface area contributed by atoms with Crippen LogP contribution in [0.25, 0.3) is 0 Å². The molecule has 3 aliphatic heterocycles. The van der Waals surface area contributed by atoms with E-state index in [1.807, 2.05) is 53.4 Å². The predicted molar refractivity (Wildman–Crippen MR) is 154 cm³/mol. The van der Waals surface area contributed by atoms with Gasteiger partial charge < -0.3 is 24.9 Å². The van der Waals surface area contributed by atoms with Crippen molar-refractivity contribution in [3.8, 4) is 0 Å². The highest BCUT2D eigenvalue weighted by Crippen LogP contribution is 2.42. The number of piperidine rings is 1. The van der Waals surface area contributed by atoms with E-state index in [-0.39, 0.29) is 11.5 Å². The number of aromatic carboxylic acids is 1. The maximum Gasteiger partial charge on any atom is 0.335 e. The number of carboxylic acid groups (broad SMARTS) is 1. The first-order chi connectivity index (χ1) is 19.4. The van der Waals surface area contributed by atoms with Crippen molar-refractivity contribution >= 4 is 23.3 Å². The van der Waals surface area contributed by atoms with E-state index < -0.39 is 17.7 Å². The summed E-state index contributed by atoms with van der Waals surface area (Å²) >= 11 is 0.